The summed E-state index contributed by atoms with van der Waals surface area (Å²) in [7, 11) is 2.09. The molecule has 1 amide bonds. The number of carbonyl (C=O) groups is 1. The molecule has 0 saturated carbocycles. The summed E-state index contributed by atoms with van der Waals surface area (Å²) in [5, 5.41) is 1.78. The second-order valence-corrected chi connectivity index (χ2v) is 8.77. The van der Waals surface area contributed by atoms with Crippen molar-refractivity contribution in [2.45, 2.75) is 19.5 Å². The Morgan fingerprint density at radius 2 is 1.66 bits per heavy atom. The van der Waals surface area contributed by atoms with Crippen molar-refractivity contribution < 1.29 is 4.79 Å². The first-order chi connectivity index (χ1) is 15.6. The van der Waals surface area contributed by atoms with Gasteiger partial charge in [0, 0.05) is 43.6 Å². The van der Waals surface area contributed by atoms with Crippen LogP contribution in [-0.2, 0) is 24.3 Å². The molecule has 7 nitrogen and oxygen atoms in total. The van der Waals surface area contributed by atoms with E-state index in [1.807, 2.05) is 41.3 Å². The molecule has 0 unspecified atom stereocenters. The molecule has 7 heteroatoms. The molecule has 2 aromatic heterocycles. The summed E-state index contributed by atoms with van der Waals surface area (Å²) in [6, 6.07) is 15.7. The average Bonchev–Trinajstić information content (AvgIpc) is 3.14. The van der Waals surface area contributed by atoms with Gasteiger partial charge in [-0.3, -0.25) is 14.2 Å². The Kier molecular flexibility index (Phi) is 4.40. The van der Waals surface area contributed by atoms with E-state index in [2.05, 4.69) is 28.6 Å². The lowest BCUT2D eigenvalue weighted by molar-refractivity contribution is -0.133. The third-order valence-electron chi connectivity index (χ3n) is 6.88. The van der Waals surface area contributed by atoms with E-state index in [4.69, 9.17) is 4.98 Å². The van der Waals surface area contributed by atoms with Gasteiger partial charge in [0.15, 0.2) is 5.82 Å². The fraction of sp³-hybridized carbons (Fsp3) is 0.320. The first-order valence-corrected chi connectivity index (χ1v) is 11.2. The minimum Gasteiger partial charge on any atom is -0.339 e. The maximum absolute atomic E-state index is 13.3. The smallest absolute Gasteiger partial charge is 0.261 e. The Hall–Kier alpha value is -3.45. The van der Waals surface area contributed by atoms with Gasteiger partial charge in [0.05, 0.1) is 16.6 Å². The summed E-state index contributed by atoms with van der Waals surface area (Å²) in [6.45, 7) is 4.12. The first kappa shape index (κ1) is 19.3. The molecule has 2 aromatic carbocycles. The summed E-state index contributed by atoms with van der Waals surface area (Å²) in [5.74, 6) is 0.777. The molecule has 32 heavy (non-hydrogen) atoms. The number of benzene rings is 2. The Labute approximate surface area is 185 Å². The number of carbonyl (C=O) groups excluding carboxylic acids is 1. The van der Waals surface area contributed by atoms with Crippen LogP contribution in [0.15, 0.2) is 53.3 Å². The first-order valence-electron chi connectivity index (χ1n) is 11.2. The van der Waals surface area contributed by atoms with Crippen LogP contribution >= 0.6 is 0 Å². The molecular weight excluding hydrogens is 402 g/mol. The van der Waals surface area contributed by atoms with Crippen molar-refractivity contribution in [3.63, 3.8) is 0 Å². The maximum atomic E-state index is 13.3. The molecule has 2 aliphatic rings. The van der Waals surface area contributed by atoms with E-state index in [0.29, 0.717) is 23.3 Å². The number of rotatable bonds is 2. The molecule has 6 rings (SSSR count). The summed E-state index contributed by atoms with van der Waals surface area (Å²) >= 11 is 0. The number of hydrogen-bond acceptors (Lipinski definition) is 4. The van der Waals surface area contributed by atoms with E-state index in [1.54, 1.807) is 4.57 Å². The van der Waals surface area contributed by atoms with E-state index in [9.17, 15) is 9.59 Å². The molecule has 1 saturated heterocycles. The van der Waals surface area contributed by atoms with Gasteiger partial charge in [-0.2, -0.15) is 0 Å². The van der Waals surface area contributed by atoms with Crippen molar-refractivity contribution in [2.75, 3.05) is 33.2 Å². The van der Waals surface area contributed by atoms with Gasteiger partial charge in [-0.05, 0) is 37.2 Å². The molecule has 0 radical (unpaired) electrons. The number of likely N-dealkylation sites (N-methyl/N-ethyl adjacent to an activating group) is 1. The van der Waals surface area contributed by atoms with Crippen LogP contribution in [-0.4, -0.2) is 63.1 Å². The van der Waals surface area contributed by atoms with Gasteiger partial charge in [0.2, 0.25) is 5.91 Å². The Balaban J connectivity index is 1.53. The van der Waals surface area contributed by atoms with Crippen LogP contribution in [0, 0.1) is 0 Å². The lowest BCUT2D eigenvalue weighted by Gasteiger charge is -2.32. The van der Waals surface area contributed by atoms with E-state index in [1.165, 1.54) is 5.56 Å². The van der Waals surface area contributed by atoms with Gasteiger partial charge < -0.3 is 14.4 Å². The topological polar surface area (TPSA) is 63.4 Å². The predicted octanol–water partition coefficient (Wildman–Crippen LogP) is 2.35. The second-order valence-electron chi connectivity index (χ2n) is 8.77. The van der Waals surface area contributed by atoms with Crippen molar-refractivity contribution in [3.8, 4) is 11.5 Å². The van der Waals surface area contributed by atoms with Gasteiger partial charge in [-0.1, -0.05) is 30.3 Å². The fourth-order valence-electron chi connectivity index (χ4n) is 5.12. The highest BCUT2D eigenvalue weighted by molar-refractivity contribution is 5.93. The Morgan fingerprint density at radius 3 is 2.47 bits per heavy atom. The number of amides is 1. The average molecular weight is 428 g/mol. The van der Waals surface area contributed by atoms with Crippen LogP contribution in [0.2, 0.25) is 0 Å². The quantitative estimate of drug-likeness (QED) is 0.493. The summed E-state index contributed by atoms with van der Waals surface area (Å²) in [5.41, 5.74) is 3.78. The molecule has 162 valence electrons. The Morgan fingerprint density at radius 1 is 0.938 bits per heavy atom. The SMILES string of the molecule is CN1CCN(C(=O)Cn2c3c(c4ccccc42)CCn2c-3nc3ccccc3c2=O)CC1. The second kappa shape index (κ2) is 7.31. The zero-order valence-corrected chi connectivity index (χ0v) is 18.1. The summed E-state index contributed by atoms with van der Waals surface area (Å²) < 4.78 is 3.86. The zero-order valence-electron chi connectivity index (χ0n) is 18.1. The monoisotopic (exact) mass is 427 g/mol. The van der Waals surface area contributed by atoms with E-state index < -0.39 is 0 Å². The highest BCUT2D eigenvalue weighted by Crippen LogP contribution is 2.36. The van der Waals surface area contributed by atoms with Gasteiger partial charge in [0.1, 0.15) is 6.54 Å². The third kappa shape index (κ3) is 2.88. The van der Waals surface area contributed by atoms with Crippen molar-refractivity contribution in [3.05, 3.63) is 64.4 Å². The van der Waals surface area contributed by atoms with E-state index >= 15 is 0 Å². The number of para-hydroxylation sites is 2. The number of aryl methyl sites for hydroxylation is 1. The van der Waals surface area contributed by atoms with E-state index in [-0.39, 0.29) is 18.0 Å². The predicted molar refractivity (Wildman–Crippen MR) is 125 cm³/mol. The number of aromatic nitrogens is 3. The number of hydrogen-bond donors (Lipinski definition) is 0. The van der Waals surface area contributed by atoms with Gasteiger partial charge in [0.25, 0.3) is 5.56 Å². The molecule has 0 atom stereocenters. The molecule has 2 aliphatic heterocycles. The van der Waals surface area contributed by atoms with Gasteiger partial charge in [-0.25, -0.2) is 4.98 Å². The third-order valence-corrected chi connectivity index (χ3v) is 6.88. The molecule has 0 bridgehead atoms. The fourth-order valence-corrected chi connectivity index (χ4v) is 5.12. The summed E-state index contributed by atoms with van der Waals surface area (Å²) in [4.78, 5) is 35.6. The number of fused-ring (bicyclic) bond motifs is 6. The minimum atomic E-state index is -0.0153. The molecule has 0 aliphatic carbocycles. The van der Waals surface area contributed by atoms with E-state index in [0.717, 1.165) is 49.2 Å². The standard InChI is InChI=1S/C25H25N5O2/c1-27-12-14-28(15-13-27)22(31)16-30-21-9-5-3-6-17(21)18-10-11-29-24(23(18)30)26-20-8-4-2-7-19(20)25(29)32/h2-9H,10-16H2,1H3. The van der Waals surface area contributed by atoms with Crippen molar-refractivity contribution in [1.29, 1.82) is 0 Å². The summed E-state index contributed by atoms with van der Waals surface area (Å²) in [6.07, 6.45) is 0.748. The molecule has 4 aromatic rings. The van der Waals surface area contributed by atoms with Crippen LogP contribution in [0.5, 0.6) is 0 Å². The maximum Gasteiger partial charge on any atom is 0.261 e. The van der Waals surface area contributed by atoms with Crippen LogP contribution in [0.25, 0.3) is 33.3 Å². The van der Waals surface area contributed by atoms with Gasteiger partial charge >= 0.3 is 0 Å². The molecule has 0 N–H and O–H groups in total. The van der Waals surface area contributed by atoms with Gasteiger partial charge in [-0.15, -0.1) is 0 Å². The minimum absolute atomic E-state index is 0.0153. The zero-order chi connectivity index (χ0) is 21.8. The van der Waals surface area contributed by atoms with Crippen molar-refractivity contribution >= 4 is 27.7 Å². The Bertz CT molecular complexity index is 1430. The lowest BCUT2D eigenvalue weighted by Crippen LogP contribution is -2.48. The molecule has 1 fully saturated rings. The number of nitrogens with zero attached hydrogens (tertiary/aromatic N) is 5. The highest BCUT2D eigenvalue weighted by atomic mass is 16.2. The molecule has 4 heterocycles. The van der Waals surface area contributed by atoms with Crippen molar-refractivity contribution in [2.24, 2.45) is 0 Å². The lowest BCUT2D eigenvalue weighted by atomic mass is 10.0. The largest absolute Gasteiger partial charge is 0.339 e. The van der Waals surface area contributed by atoms with Crippen LogP contribution in [0.1, 0.15) is 5.56 Å². The van der Waals surface area contributed by atoms with Crippen molar-refractivity contribution in [1.82, 2.24) is 23.9 Å². The molecule has 0 spiro atoms. The molecular formula is C25H25N5O2. The highest BCUT2D eigenvalue weighted by Gasteiger charge is 2.29. The van der Waals surface area contributed by atoms with Crippen LogP contribution in [0.3, 0.4) is 0 Å². The normalized spacial score (nSPS) is 16.3. The number of piperazine rings is 1. The van der Waals surface area contributed by atoms with Crippen LogP contribution < -0.4 is 5.56 Å². The van der Waals surface area contributed by atoms with Crippen LogP contribution in [0.4, 0.5) is 0 Å².